The van der Waals surface area contributed by atoms with Gasteiger partial charge in [0.2, 0.25) is 0 Å². The van der Waals surface area contributed by atoms with Crippen LogP contribution in [0.3, 0.4) is 0 Å². The van der Waals surface area contributed by atoms with Gasteiger partial charge in [-0.15, -0.1) is 0 Å². The van der Waals surface area contributed by atoms with Crippen LogP contribution >= 0.6 is 15.9 Å². The first-order chi connectivity index (χ1) is 8.58. The van der Waals surface area contributed by atoms with Crippen molar-refractivity contribution in [3.05, 3.63) is 52.3 Å². The summed E-state index contributed by atoms with van der Waals surface area (Å²) in [5.41, 5.74) is 6.57. The van der Waals surface area contributed by atoms with Crippen LogP contribution in [-0.4, -0.2) is 9.55 Å². The Morgan fingerprint density at radius 1 is 1.50 bits per heavy atom. The number of nitrogens with zero attached hydrogens (tertiary/aromatic N) is 2. The number of hydrogen-bond acceptors (Lipinski definition) is 2. The molecule has 0 saturated heterocycles. The average Bonchev–Trinajstić information content (AvgIpc) is 2.72. The van der Waals surface area contributed by atoms with Crippen molar-refractivity contribution in [2.45, 2.75) is 18.9 Å². The van der Waals surface area contributed by atoms with Crippen LogP contribution in [0.1, 0.15) is 23.9 Å². The summed E-state index contributed by atoms with van der Waals surface area (Å²) in [5.74, 6) is 0.694. The minimum Gasteiger partial charge on any atom is -0.338 e. The van der Waals surface area contributed by atoms with Gasteiger partial charge in [-0.3, -0.25) is 0 Å². The predicted octanol–water partition coefficient (Wildman–Crippen LogP) is 2.95. The molecule has 18 heavy (non-hydrogen) atoms. The molecule has 1 atom stereocenters. The molecule has 0 aliphatic rings. The van der Waals surface area contributed by atoms with Gasteiger partial charge in [0.05, 0.1) is 0 Å². The van der Waals surface area contributed by atoms with E-state index in [2.05, 4.69) is 20.9 Å². The van der Waals surface area contributed by atoms with Crippen LogP contribution < -0.4 is 5.73 Å². The van der Waals surface area contributed by atoms with Crippen LogP contribution in [0, 0.1) is 5.82 Å². The van der Waals surface area contributed by atoms with Gasteiger partial charge >= 0.3 is 0 Å². The molecule has 1 unspecified atom stereocenters. The lowest BCUT2D eigenvalue weighted by Gasteiger charge is -2.13. The third-order valence-electron chi connectivity index (χ3n) is 2.96. The summed E-state index contributed by atoms with van der Waals surface area (Å²) in [6, 6.07) is 4.66. The van der Waals surface area contributed by atoms with E-state index < -0.39 is 0 Å². The van der Waals surface area contributed by atoms with Gasteiger partial charge in [-0.25, -0.2) is 9.37 Å². The zero-order valence-corrected chi connectivity index (χ0v) is 11.7. The normalized spacial score (nSPS) is 12.7. The van der Waals surface area contributed by atoms with Crippen molar-refractivity contribution in [2.75, 3.05) is 0 Å². The average molecular weight is 312 g/mol. The van der Waals surface area contributed by atoms with Crippen molar-refractivity contribution in [2.24, 2.45) is 12.8 Å². The number of aromatic nitrogens is 2. The van der Waals surface area contributed by atoms with Crippen LogP contribution in [-0.2, 0) is 13.5 Å². The van der Waals surface area contributed by atoms with Crippen molar-refractivity contribution >= 4 is 15.9 Å². The first-order valence-corrected chi connectivity index (χ1v) is 6.54. The largest absolute Gasteiger partial charge is 0.338 e. The smallest absolute Gasteiger partial charge is 0.129 e. The molecule has 1 aromatic carbocycles. The molecule has 2 N–H and O–H groups in total. The van der Waals surface area contributed by atoms with Crippen molar-refractivity contribution < 1.29 is 4.39 Å². The third kappa shape index (κ3) is 2.97. The number of hydrogen-bond donors (Lipinski definition) is 1. The highest BCUT2D eigenvalue weighted by Crippen LogP contribution is 2.22. The second-order valence-electron chi connectivity index (χ2n) is 4.27. The Morgan fingerprint density at radius 3 is 2.89 bits per heavy atom. The second kappa shape index (κ2) is 5.63. The van der Waals surface area contributed by atoms with Crippen molar-refractivity contribution in [3.8, 4) is 0 Å². The van der Waals surface area contributed by atoms with E-state index in [0.29, 0.717) is 12.0 Å². The summed E-state index contributed by atoms with van der Waals surface area (Å²) in [6.45, 7) is 0. The van der Waals surface area contributed by atoms with Gasteiger partial charge < -0.3 is 10.3 Å². The van der Waals surface area contributed by atoms with E-state index in [-0.39, 0.29) is 11.9 Å². The van der Waals surface area contributed by atoms with E-state index >= 15 is 0 Å². The zero-order valence-electron chi connectivity index (χ0n) is 10.1. The van der Waals surface area contributed by atoms with E-state index in [1.54, 1.807) is 18.3 Å². The summed E-state index contributed by atoms with van der Waals surface area (Å²) in [7, 11) is 1.94. The molecule has 1 heterocycles. The van der Waals surface area contributed by atoms with Crippen molar-refractivity contribution in [1.82, 2.24) is 9.55 Å². The maximum atomic E-state index is 13.7. The molecular weight excluding hydrogens is 297 g/mol. The summed E-state index contributed by atoms with van der Waals surface area (Å²) in [6.07, 6.45) is 5.05. The number of benzene rings is 1. The molecule has 1 aromatic heterocycles. The SMILES string of the molecule is Cn1ccnc1CCC(N)c1ccc(Br)cc1F. The van der Waals surface area contributed by atoms with E-state index in [4.69, 9.17) is 5.73 Å². The van der Waals surface area contributed by atoms with Gasteiger partial charge in [0.15, 0.2) is 0 Å². The number of rotatable bonds is 4. The summed E-state index contributed by atoms with van der Waals surface area (Å²) in [5, 5.41) is 0. The van der Waals surface area contributed by atoms with Crippen molar-refractivity contribution in [3.63, 3.8) is 0 Å². The van der Waals surface area contributed by atoms with E-state index in [1.165, 1.54) is 6.07 Å². The maximum Gasteiger partial charge on any atom is 0.129 e. The Balaban J connectivity index is 2.03. The summed E-state index contributed by atoms with van der Waals surface area (Å²) < 4.78 is 16.4. The van der Waals surface area contributed by atoms with Crippen LogP contribution in [0.2, 0.25) is 0 Å². The molecule has 0 spiro atoms. The topological polar surface area (TPSA) is 43.8 Å². The molecule has 2 aromatic rings. The number of nitrogens with two attached hydrogens (primary N) is 1. The van der Waals surface area contributed by atoms with Gasteiger partial charge in [-0.2, -0.15) is 0 Å². The molecule has 3 nitrogen and oxygen atoms in total. The molecule has 0 amide bonds. The molecule has 0 saturated carbocycles. The van der Waals surface area contributed by atoms with Gasteiger partial charge in [-0.05, 0) is 18.6 Å². The lowest BCUT2D eigenvalue weighted by Crippen LogP contribution is -2.14. The van der Waals surface area contributed by atoms with Gasteiger partial charge in [0.1, 0.15) is 11.6 Å². The Labute approximate surface area is 114 Å². The number of imidazole rings is 1. The summed E-state index contributed by atoms with van der Waals surface area (Å²) in [4.78, 5) is 4.22. The Hall–Kier alpha value is -1.20. The van der Waals surface area contributed by atoms with Gasteiger partial charge in [0.25, 0.3) is 0 Å². The maximum absolute atomic E-state index is 13.7. The highest BCUT2D eigenvalue weighted by molar-refractivity contribution is 9.10. The molecule has 5 heteroatoms. The van der Waals surface area contributed by atoms with Crippen LogP contribution in [0.4, 0.5) is 4.39 Å². The molecule has 0 bridgehead atoms. The monoisotopic (exact) mass is 311 g/mol. The third-order valence-corrected chi connectivity index (χ3v) is 3.46. The quantitative estimate of drug-likeness (QED) is 0.943. The molecule has 0 radical (unpaired) electrons. The second-order valence-corrected chi connectivity index (χ2v) is 5.18. The molecule has 2 rings (SSSR count). The molecule has 96 valence electrons. The fourth-order valence-electron chi connectivity index (χ4n) is 1.88. The fourth-order valence-corrected chi connectivity index (χ4v) is 2.21. The summed E-state index contributed by atoms with van der Waals surface area (Å²) >= 11 is 3.23. The Kier molecular flexibility index (Phi) is 4.14. The number of aryl methyl sites for hydroxylation is 2. The molecule has 0 aliphatic carbocycles. The highest BCUT2D eigenvalue weighted by Gasteiger charge is 2.12. The minimum absolute atomic E-state index is 0.267. The predicted molar refractivity (Wildman–Crippen MR) is 72.6 cm³/mol. The number of halogens is 2. The Morgan fingerprint density at radius 2 is 2.28 bits per heavy atom. The lowest BCUT2D eigenvalue weighted by atomic mass is 10.0. The Bertz CT molecular complexity index is 539. The van der Waals surface area contributed by atoms with Crippen LogP contribution in [0.25, 0.3) is 0 Å². The lowest BCUT2D eigenvalue weighted by molar-refractivity contribution is 0.555. The van der Waals surface area contributed by atoms with Crippen LogP contribution in [0.5, 0.6) is 0 Å². The molecule has 0 aliphatic heterocycles. The zero-order chi connectivity index (χ0) is 13.1. The first-order valence-electron chi connectivity index (χ1n) is 5.74. The van der Waals surface area contributed by atoms with Gasteiger partial charge in [0, 0.05) is 41.9 Å². The highest BCUT2D eigenvalue weighted by atomic mass is 79.9. The fraction of sp³-hybridized carbons (Fsp3) is 0.308. The van der Waals surface area contributed by atoms with Crippen LogP contribution in [0.15, 0.2) is 35.1 Å². The minimum atomic E-state index is -0.310. The molecule has 0 fully saturated rings. The van der Waals surface area contributed by atoms with Gasteiger partial charge in [-0.1, -0.05) is 22.0 Å². The van der Waals surface area contributed by atoms with E-state index in [9.17, 15) is 4.39 Å². The van der Waals surface area contributed by atoms with Crippen molar-refractivity contribution in [1.29, 1.82) is 0 Å². The molecular formula is C13H15BrFN3. The van der Waals surface area contributed by atoms with E-state index in [1.807, 2.05) is 17.8 Å². The standard InChI is InChI=1S/C13H15BrFN3/c1-18-7-6-17-13(18)5-4-12(16)10-3-2-9(14)8-11(10)15/h2-3,6-8,12H,4-5,16H2,1H3. The first kappa shape index (κ1) is 13.2. The van der Waals surface area contributed by atoms with E-state index in [0.717, 1.165) is 16.7 Å².